The van der Waals surface area contributed by atoms with Crippen LogP contribution in [0.4, 0.5) is 0 Å². The van der Waals surface area contributed by atoms with Crippen molar-refractivity contribution < 1.29 is 14.6 Å². The first kappa shape index (κ1) is 13.5. The van der Waals surface area contributed by atoms with Crippen molar-refractivity contribution in [2.45, 2.75) is 26.2 Å². The number of benzene rings is 1. The number of carbonyl (C=O) groups excluding carboxylic acids is 1. The third kappa shape index (κ3) is 2.35. The molecule has 0 bridgehead atoms. The molecular weight excluding hydrogens is 268 g/mol. The summed E-state index contributed by atoms with van der Waals surface area (Å²) in [6.45, 7) is 1.85. The zero-order chi connectivity index (χ0) is 15.0. The van der Waals surface area contributed by atoms with Crippen molar-refractivity contribution >= 4 is 5.97 Å². The van der Waals surface area contributed by atoms with Gasteiger partial charge in [0.25, 0.3) is 0 Å². The largest absolute Gasteiger partial charge is 0.479 e. The molecule has 3 rings (SSSR count). The highest BCUT2D eigenvalue weighted by Gasteiger charge is 2.21. The molecule has 1 N–H and O–H groups in total. The average molecular weight is 284 g/mol. The second-order valence-electron chi connectivity index (χ2n) is 5.15. The van der Waals surface area contributed by atoms with E-state index in [0.717, 1.165) is 41.8 Å². The standard InChI is InChI=1S/C16H16N2O3/c1-9-14-12-8-11(15(19)21-2)7-6-10(12)4-3-5-13(14)18-16(20)17-9/h6-8H,3-5H2,1-2H3,(H,17,18,20). The number of ether oxygens (including phenoxy) is 1. The minimum atomic E-state index is -0.360. The van der Waals surface area contributed by atoms with Crippen molar-refractivity contribution in [2.75, 3.05) is 7.11 Å². The number of fused-ring (bicyclic) bond motifs is 3. The van der Waals surface area contributed by atoms with Crippen LogP contribution in [0.15, 0.2) is 18.2 Å². The highest BCUT2D eigenvalue weighted by Crippen LogP contribution is 2.34. The van der Waals surface area contributed by atoms with Gasteiger partial charge < -0.3 is 9.84 Å². The number of aryl methyl sites for hydroxylation is 3. The molecule has 5 heteroatoms. The molecule has 1 aliphatic rings. The Bertz CT molecular complexity index is 726. The number of hydrogen-bond acceptors (Lipinski definition) is 5. The number of nitrogens with zero attached hydrogens (tertiary/aromatic N) is 2. The number of esters is 1. The van der Waals surface area contributed by atoms with Gasteiger partial charge in [0.2, 0.25) is 0 Å². The van der Waals surface area contributed by atoms with E-state index in [1.165, 1.54) is 12.7 Å². The topological polar surface area (TPSA) is 72.3 Å². The average Bonchev–Trinajstić information content (AvgIpc) is 2.64. The first-order valence-electron chi connectivity index (χ1n) is 6.88. The van der Waals surface area contributed by atoms with Crippen molar-refractivity contribution in [3.05, 3.63) is 40.7 Å². The van der Waals surface area contributed by atoms with Crippen LogP contribution in [-0.4, -0.2) is 28.2 Å². The first-order valence-corrected chi connectivity index (χ1v) is 6.88. The minimum absolute atomic E-state index is 0.196. The highest BCUT2D eigenvalue weighted by molar-refractivity contribution is 5.91. The fourth-order valence-corrected chi connectivity index (χ4v) is 2.87. The van der Waals surface area contributed by atoms with Crippen LogP contribution in [0.1, 0.15) is 33.7 Å². The van der Waals surface area contributed by atoms with Gasteiger partial charge in [-0.05, 0) is 49.4 Å². The predicted octanol–water partition coefficient (Wildman–Crippen LogP) is 2.43. The number of aromatic hydroxyl groups is 1. The van der Waals surface area contributed by atoms with Crippen LogP contribution in [-0.2, 0) is 17.6 Å². The third-order valence-electron chi connectivity index (χ3n) is 3.81. The number of carbonyl (C=O) groups is 1. The van der Waals surface area contributed by atoms with Gasteiger partial charge in [-0.3, -0.25) is 0 Å². The van der Waals surface area contributed by atoms with Crippen LogP contribution >= 0.6 is 0 Å². The molecule has 0 unspecified atom stereocenters. The summed E-state index contributed by atoms with van der Waals surface area (Å²) in [4.78, 5) is 19.9. The number of rotatable bonds is 1. The van der Waals surface area contributed by atoms with E-state index in [-0.39, 0.29) is 12.0 Å². The second kappa shape index (κ2) is 5.16. The molecule has 1 heterocycles. The highest BCUT2D eigenvalue weighted by atomic mass is 16.5. The van der Waals surface area contributed by atoms with Gasteiger partial charge in [0, 0.05) is 5.56 Å². The summed E-state index contributed by atoms with van der Waals surface area (Å²) in [5, 5.41) is 9.59. The third-order valence-corrected chi connectivity index (χ3v) is 3.81. The summed E-state index contributed by atoms with van der Waals surface area (Å²) in [7, 11) is 1.37. The van der Waals surface area contributed by atoms with E-state index in [9.17, 15) is 9.90 Å². The Morgan fingerprint density at radius 1 is 1.29 bits per heavy atom. The van der Waals surface area contributed by atoms with Crippen LogP contribution in [0.5, 0.6) is 6.01 Å². The maximum atomic E-state index is 11.7. The molecule has 1 aliphatic carbocycles. The van der Waals surface area contributed by atoms with Gasteiger partial charge in [-0.1, -0.05) is 6.07 Å². The quantitative estimate of drug-likeness (QED) is 0.814. The number of methoxy groups -OCH3 is 1. The fourth-order valence-electron chi connectivity index (χ4n) is 2.87. The minimum Gasteiger partial charge on any atom is -0.479 e. The monoisotopic (exact) mass is 284 g/mol. The lowest BCUT2D eigenvalue weighted by atomic mass is 9.95. The Morgan fingerprint density at radius 3 is 2.86 bits per heavy atom. The molecule has 0 spiro atoms. The molecule has 0 amide bonds. The van der Waals surface area contributed by atoms with E-state index < -0.39 is 0 Å². The molecule has 1 aromatic carbocycles. The molecule has 0 saturated carbocycles. The van der Waals surface area contributed by atoms with Gasteiger partial charge >= 0.3 is 12.0 Å². The Morgan fingerprint density at radius 2 is 2.10 bits per heavy atom. The Balaban J connectivity index is 2.25. The SMILES string of the molecule is COC(=O)c1ccc2c(c1)-c1c(C)nc(O)nc1CCC2. The molecule has 0 atom stereocenters. The van der Waals surface area contributed by atoms with E-state index >= 15 is 0 Å². The summed E-state index contributed by atoms with van der Waals surface area (Å²) >= 11 is 0. The zero-order valence-corrected chi connectivity index (χ0v) is 12.0. The normalized spacial score (nSPS) is 13.0. The molecule has 5 nitrogen and oxygen atoms in total. The van der Waals surface area contributed by atoms with Crippen LogP contribution in [0.3, 0.4) is 0 Å². The lowest BCUT2D eigenvalue weighted by Gasteiger charge is -2.12. The maximum Gasteiger partial charge on any atom is 0.337 e. The van der Waals surface area contributed by atoms with Gasteiger partial charge in [-0.25, -0.2) is 9.78 Å². The molecule has 0 aliphatic heterocycles. The van der Waals surface area contributed by atoms with Gasteiger partial charge in [-0.15, -0.1) is 0 Å². The first-order chi connectivity index (χ1) is 10.1. The van der Waals surface area contributed by atoms with Crippen LogP contribution in [0.2, 0.25) is 0 Å². The van der Waals surface area contributed by atoms with Crippen LogP contribution in [0, 0.1) is 6.92 Å². The Hall–Kier alpha value is -2.43. The van der Waals surface area contributed by atoms with Crippen molar-refractivity contribution in [3.63, 3.8) is 0 Å². The molecule has 2 aromatic rings. The summed E-state index contributed by atoms with van der Waals surface area (Å²) in [5.74, 6) is -0.360. The molecule has 1 aromatic heterocycles. The van der Waals surface area contributed by atoms with Crippen LogP contribution in [0.25, 0.3) is 11.1 Å². The van der Waals surface area contributed by atoms with Crippen LogP contribution < -0.4 is 0 Å². The van der Waals surface area contributed by atoms with Crippen molar-refractivity contribution in [2.24, 2.45) is 0 Å². The lowest BCUT2D eigenvalue weighted by Crippen LogP contribution is -2.03. The van der Waals surface area contributed by atoms with E-state index in [1.807, 2.05) is 19.1 Å². The second-order valence-corrected chi connectivity index (χ2v) is 5.15. The van der Waals surface area contributed by atoms with Gasteiger partial charge in [-0.2, -0.15) is 4.98 Å². The van der Waals surface area contributed by atoms with Crippen molar-refractivity contribution in [1.82, 2.24) is 9.97 Å². The zero-order valence-electron chi connectivity index (χ0n) is 12.0. The van der Waals surface area contributed by atoms with Gasteiger partial charge in [0.1, 0.15) is 0 Å². The van der Waals surface area contributed by atoms with Crippen molar-refractivity contribution in [3.8, 4) is 17.1 Å². The molecule has 0 saturated heterocycles. The molecular formula is C16H16N2O3. The Labute approximate surface area is 122 Å². The number of hydrogen-bond donors (Lipinski definition) is 1. The fraction of sp³-hybridized carbons (Fsp3) is 0.312. The molecule has 0 fully saturated rings. The van der Waals surface area contributed by atoms with Crippen molar-refractivity contribution in [1.29, 1.82) is 0 Å². The summed E-state index contributed by atoms with van der Waals surface area (Å²) in [6.07, 6.45) is 2.65. The summed E-state index contributed by atoms with van der Waals surface area (Å²) in [5.41, 5.74) is 5.12. The summed E-state index contributed by atoms with van der Waals surface area (Å²) < 4.78 is 4.79. The summed E-state index contributed by atoms with van der Waals surface area (Å²) in [6, 6.07) is 5.38. The van der Waals surface area contributed by atoms with Gasteiger partial charge in [0.15, 0.2) is 0 Å². The molecule has 21 heavy (non-hydrogen) atoms. The van der Waals surface area contributed by atoms with Gasteiger partial charge in [0.05, 0.1) is 24.1 Å². The van der Waals surface area contributed by atoms with E-state index in [2.05, 4.69) is 9.97 Å². The Kier molecular flexibility index (Phi) is 3.33. The predicted molar refractivity (Wildman–Crippen MR) is 77.2 cm³/mol. The lowest BCUT2D eigenvalue weighted by molar-refractivity contribution is 0.0601. The maximum absolute atomic E-state index is 11.7. The van der Waals surface area contributed by atoms with E-state index in [1.54, 1.807) is 6.07 Å². The van der Waals surface area contributed by atoms with E-state index in [0.29, 0.717) is 5.56 Å². The van der Waals surface area contributed by atoms with E-state index in [4.69, 9.17) is 4.74 Å². The molecule has 0 radical (unpaired) electrons. The smallest absolute Gasteiger partial charge is 0.337 e. The number of aromatic nitrogens is 2. The molecule has 108 valence electrons.